The smallest absolute Gasteiger partial charge is 0.234 e. The van der Waals surface area contributed by atoms with Gasteiger partial charge in [-0.25, -0.2) is 4.39 Å². The minimum Gasteiger partial charge on any atom is -0.323 e. The highest BCUT2D eigenvalue weighted by atomic mass is 35.5. The second-order valence-electron chi connectivity index (χ2n) is 4.04. The summed E-state index contributed by atoms with van der Waals surface area (Å²) in [6, 6.07) is 8.89. The van der Waals surface area contributed by atoms with Crippen molar-refractivity contribution in [3.8, 4) is 0 Å². The zero-order valence-electron chi connectivity index (χ0n) is 10.5. The van der Waals surface area contributed by atoms with Crippen LogP contribution in [-0.2, 0) is 4.79 Å². The van der Waals surface area contributed by atoms with Gasteiger partial charge in [-0.2, -0.15) is 0 Å². The molecule has 2 aromatic rings. The van der Waals surface area contributed by atoms with Gasteiger partial charge in [0.1, 0.15) is 5.82 Å². The zero-order chi connectivity index (χ0) is 15.4. The van der Waals surface area contributed by atoms with Gasteiger partial charge in [-0.15, -0.1) is 11.8 Å². The molecule has 21 heavy (non-hydrogen) atoms. The van der Waals surface area contributed by atoms with Crippen molar-refractivity contribution in [3.05, 3.63) is 57.3 Å². The molecule has 1 amide bonds. The SMILES string of the molecule is O=C(CSc1ccc(F)cc1)Nc1c(Cl)cc(Cl)cc1Cl. The molecule has 0 saturated heterocycles. The summed E-state index contributed by atoms with van der Waals surface area (Å²) < 4.78 is 12.8. The van der Waals surface area contributed by atoms with Crippen molar-refractivity contribution in [2.45, 2.75) is 4.90 Å². The maximum Gasteiger partial charge on any atom is 0.234 e. The molecule has 0 spiro atoms. The fourth-order valence-corrected chi connectivity index (χ4v) is 3.13. The molecular formula is C14H9Cl3FNOS. The molecule has 0 heterocycles. The van der Waals surface area contributed by atoms with Crippen molar-refractivity contribution in [2.24, 2.45) is 0 Å². The topological polar surface area (TPSA) is 29.1 Å². The van der Waals surface area contributed by atoms with Gasteiger partial charge < -0.3 is 5.32 Å². The quantitative estimate of drug-likeness (QED) is 0.724. The van der Waals surface area contributed by atoms with E-state index in [0.29, 0.717) is 10.7 Å². The van der Waals surface area contributed by atoms with Gasteiger partial charge in [-0.1, -0.05) is 34.8 Å². The minimum atomic E-state index is -0.316. The first kappa shape index (κ1) is 16.4. The van der Waals surface area contributed by atoms with Crippen LogP contribution in [0.25, 0.3) is 0 Å². The summed E-state index contributed by atoms with van der Waals surface area (Å²) in [5.41, 5.74) is 0.326. The van der Waals surface area contributed by atoms with Crippen molar-refractivity contribution < 1.29 is 9.18 Å². The third-order valence-corrected chi connectivity index (χ3v) is 4.28. The van der Waals surface area contributed by atoms with E-state index in [1.807, 2.05) is 0 Å². The number of nitrogens with one attached hydrogen (secondary N) is 1. The number of carbonyl (C=O) groups is 1. The maximum absolute atomic E-state index is 12.8. The van der Waals surface area contributed by atoms with Crippen LogP contribution >= 0.6 is 46.6 Å². The van der Waals surface area contributed by atoms with Crippen LogP contribution in [0, 0.1) is 5.82 Å². The summed E-state index contributed by atoms with van der Waals surface area (Å²) in [5.74, 6) is -0.431. The summed E-state index contributed by atoms with van der Waals surface area (Å²) in [7, 11) is 0. The molecule has 0 unspecified atom stereocenters. The third kappa shape index (κ3) is 4.78. The number of carbonyl (C=O) groups excluding carboxylic acids is 1. The molecule has 2 rings (SSSR count). The number of rotatable bonds is 4. The average molecular weight is 365 g/mol. The summed E-state index contributed by atoms with van der Waals surface area (Å²) in [6.07, 6.45) is 0. The van der Waals surface area contributed by atoms with E-state index in [9.17, 15) is 9.18 Å². The molecule has 0 aliphatic carbocycles. The highest BCUT2D eigenvalue weighted by molar-refractivity contribution is 8.00. The molecule has 0 saturated carbocycles. The summed E-state index contributed by atoms with van der Waals surface area (Å²) in [4.78, 5) is 12.7. The highest BCUT2D eigenvalue weighted by Crippen LogP contribution is 2.33. The fraction of sp³-hybridized carbons (Fsp3) is 0.0714. The van der Waals surface area contributed by atoms with Crippen LogP contribution in [0.2, 0.25) is 15.1 Å². The summed E-state index contributed by atoms with van der Waals surface area (Å²) in [6.45, 7) is 0. The van der Waals surface area contributed by atoms with E-state index in [4.69, 9.17) is 34.8 Å². The molecule has 0 aromatic heterocycles. The van der Waals surface area contributed by atoms with Gasteiger partial charge in [0.05, 0.1) is 21.5 Å². The molecule has 0 bridgehead atoms. The van der Waals surface area contributed by atoms with Gasteiger partial charge in [-0.3, -0.25) is 4.79 Å². The van der Waals surface area contributed by atoms with E-state index in [0.717, 1.165) is 4.90 Å². The Bertz CT molecular complexity index is 641. The number of benzene rings is 2. The second kappa shape index (κ2) is 7.36. The molecular weight excluding hydrogens is 356 g/mol. The van der Waals surface area contributed by atoms with Gasteiger partial charge >= 0.3 is 0 Å². The average Bonchev–Trinajstić information content (AvgIpc) is 2.42. The number of hydrogen-bond acceptors (Lipinski definition) is 2. The maximum atomic E-state index is 12.8. The largest absolute Gasteiger partial charge is 0.323 e. The lowest BCUT2D eigenvalue weighted by Gasteiger charge is -2.09. The number of anilines is 1. The number of thioether (sulfide) groups is 1. The molecule has 0 radical (unpaired) electrons. The van der Waals surface area contributed by atoms with E-state index < -0.39 is 0 Å². The van der Waals surface area contributed by atoms with Gasteiger partial charge in [0.25, 0.3) is 0 Å². The fourth-order valence-electron chi connectivity index (χ4n) is 1.52. The number of amides is 1. The van der Waals surface area contributed by atoms with Crippen molar-refractivity contribution >= 4 is 58.2 Å². The Morgan fingerprint density at radius 1 is 1.10 bits per heavy atom. The Balaban J connectivity index is 1.97. The van der Waals surface area contributed by atoms with Gasteiger partial charge in [0.2, 0.25) is 5.91 Å². The van der Waals surface area contributed by atoms with Crippen molar-refractivity contribution in [1.29, 1.82) is 0 Å². The molecule has 0 aliphatic rings. The molecule has 7 heteroatoms. The Kier molecular flexibility index (Phi) is 5.76. The number of halogens is 4. The first-order valence-electron chi connectivity index (χ1n) is 5.78. The van der Waals surface area contributed by atoms with Crippen LogP contribution in [0.5, 0.6) is 0 Å². The van der Waals surface area contributed by atoms with Crippen LogP contribution in [0.1, 0.15) is 0 Å². The Hall–Kier alpha value is -0.940. The lowest BCUT2D eigenvalue weighted by molar-refractivity contribution is -0.113. The zero-order valence-corrected chi connectivity index (χ0v) is 13.6. The number of hydrogen-bond donors (Lipinski definition) is 1. The minimum absolute atomic E-state index is 0.154. The van der Waals surface area contributed by atoms with Crippen LogP contribution < -0.4 is 5.32 Å². The van der Waals surface area contributed by atoms with Crippen LogP contribution in [0.4, 0.5) is 10.1 Å². The molecule has 110 valence electrons. The van der Waals surface area contributed by atoms with Gasteiger partial charge in [0.15, 0.2) is 0 Å². The lowest BCUT2D eigenvalue weighted by Crippen LogP contribution is -2.14. The van der Waals surface area contributed by atoms with E-state index >= 15 is 0 Å². The monoisotopic (exact) mass is 363 g/mol. The first-order valence-corrected chi connectivity index (χ1v) is 7.90. The Labute approximate surface area is 140 Å². The molecule has 2 aromatic carbocycles. The normalized spacial score (nSPS) is 10.5. The lowest BCUT2D eigenvalue weighted by atomic mass is 10.3. The van der Waals surface area contributed by atoms with E-state index in [1.54, 1.807) is 12.1 Å². The predicted molar refractivity (Wildman–Crippen MR) is 87.2 cm³/mol. The molecule has 1 N–H and O–H groups in total. The molecule has 0 aliphatic heterocycles. The van der Waals surface area contributed by atoms with Crippen molar-refractivity contribution in [1.82, 2.24) is 0 Å². The summed E-state index contributed by atoms with van der Waals surface area (Å²) in [5, 5.41) is 3.57. The first-order chi connectivity index (χ1) is 9.95. The standard InChI is InChI=1S/C14H9Cl3FNOS/c15-8-5-11(16)14(12(17)6-8)19-13(20)7-21-10-3-1-9(18)2-4-10/h1-6H,7H2,(H,19,20). The third-order valence-electron chi connectivity index (χ3n) is 2.45. The van der Waals surface area contributed by atoms with Gasteiger partial charge in [-0.05, 0) is 36.4 Å². The predicted octanol–water partition coefficient (Wildman–Crippen LogP) is 5.52. The van der Waals surface area contributed by atoms with E-state index in [2.05, 4.69) is 5.32 Å². The molecule has 2 nitrogen and oxygen atoms in total. The second-order valence-corrected chi connectivity index (χ2v) is 6.33. The van der Waals surface area contributed by atoms with Gasteiger partial charge in [0, 0.05) is 9.92 Å². The van der Waals surface area contributed by atoms with E-state index in [1.165, 1.54) is 36.0 Å². The molecule has 0 atom stereocenters. The molecule has 0 fully saturated rings. The van der Waals surface area contributed by atoms with Crippen molar-refractivity contribution in [3.63, 3.8) is 0 Å². The Morgan fingerprint density at radius 2 is 1.67 bits per heavy atom. The summed E-state index contributed by atoms with van der Waals surface area (Å²) >= 11 is 19.0. The van der Waals surface area contributed by atoms with Crippen LogP contribution in [0.3, 0.4) is 0 Å². The van der Waals surface area contributed by atoms with Crippen molar-refractivity contribution in [2.75, 3.05) is 11.1 Å². The highest BCUT2D eigenvalue weighted by Gasteiger charge is 2.11. The van der Waals surface area contributed by atoms with Crippen LogP contribution in [0.15, 0.2) is 41.3 Å². The van der Waals surface area contributed by atoms with E-state index in [-0.39, 0.29) is 27.5 Å². The Morgan fingerprint density at radius 3 is 2.24 bits per heavy atom. The van der Waals surface area contributed by atoms with Crippen LogP contribution in [-0.4, -0.2) is 11.7 Å².